The topological polar surface area (TPSA) is 78.2 Å². The van der Waals surface area contributed by atoms with Gasteiger partial charge in [0.05, 0.1) is 6.07 Å². The van der Waals surface area contributed by atoms with E-state index in [0.29, 0.717) is 24.5 Å². The van der Waals surface area contributed by atoms with Crippen LogP contribution in [0.2, 0.25) is 0 Å². The molecule has 0 saturated heterocycles. The van der Waals surface area contributed by atoms with Crippen LogP contribution in [0, 0.1) is 73.9 Å². The highest BCUT2D eigenvalue weighted by Gasteiger charge is 2.69. The van der Waals surface area contributed by atoms with Gasteiger partial charge < -0.3 is 5.11 Å². The Bertz CT molecular complexity index is 945. The fourth-order valence-electron chi connectivity index (χ4n) is 10.8. The molecule has 5 aliphatic rings. The third kappa shape index (κ3) is 3.04. The lowest BCUT2D eigenvalue weighted by Gasteiger charge is -2.69. The highest BCUT2D eigenvalue weighted by molar-refractivity contribution is 5.90. The van der Waals surface area contributed by atoms with Gasteiger partial charge in [-0.15, -0.1) is 0 Å². The molecule has 0 heterocycles. The SMILES string of the molecule is CC1(C)CCC2(CO)CCC3C(C(=O)CC4C3(C)CCC3C(C)(C)C(=O)C(C#N)CC34C)C2C1. The van der Waals surface area contributed by atoms with Crippen molar-refractivity contribution in [3.63, 3.8) is 0 Å². The van der Waals surface area contributed by atoms with Gasteiger partial charge in [-0.3, -0.25) is 9.59 Å². The van der Waals surface area contributed by atoms with E-state index in [1.165, 1.54) is 0 Å². The zero-order valence-electron chi connectivity index (χ0n) is 22.2. The summed E-state index contributed by atoms with van der Waals surface area (Å²) >= 11 is 0. The van der Waals surface area contributed by atoms with Gasteiger partial charge in [-0.05, 0) is 96.7 Å². The van der Waals surface area contributed by atoms with Crippen LogP contribution in [0.1, 0.15) is 99.3 Å². The van der Waals surface area contributed by atoms with Gasteiger partial charge in [0.1, 0.15) is 11.7 Å². The highest BCUT2D eigenvalue weighted by atomic mass is 16.3. The molecular weight excluding hydrogens is 422 g/mol. The summed E-state index contributed by atoms with van der Waals surface area (Å²) in [4.78, 5) is 27.3. The number of Topliss-reactive ketones (excluding diaryl/α,β-unsaturated/α-hetero) is 2. The number of rotatable bonds is 1. The Morgan fingerprint density at radius 2 is 1.59 bits per heavy atom. The van der Waals surface area contributed by atoms with Crippen molar-refractivity contribution in [3.05, 3.63) is 0 Å². The lowest BCUT2D eigenvalue weighted by atomic mass is 9.34. The maximum Gasteiger partial charge on any atom is 0.155 e. The normalized spacial score (nSPS) is 51.4. The third-order valence-electron chi connectivity index (χ3n) is 12.6. The van der Waals surface area contributed by atoms with E-state index in [9.17, 15) is 20.0 Å². The number of nitrogens with zero attached hydrogens (tertiary/aromatic N) is 1. The van der Waals surface area contributed by atoms with Crippen molar-refractivity contribution < 1.29 is 14.7 Å². The second-order valence-electron chi connectivity index (χ2n) is 15.0. The molecule has 5 saturated carbocycles. The average Bonchev–Trinajstić information content (AvgIpc) is 2.77. The standard InChI is InChI=1S/C30H45NO3/c1-26(2)11-12-30(17-32)10-7-19-24(20(30)15-26)21(33)13-23-28(19,5)9-8-22-27(3,4)25(34)18(16-31)14-29(22,23)6/h18-20,22-24,32H,7-15,17H2,1-6H3. The van der Waals surface area contributed by atoms with Gasteiger partial charge >= 0.3 is 0 Å². The van der Waals surface area contributed by atoms with E-state index in [1.54, 1.807) is 0 Å². The van der Waals surface area contributed by atoms with Crippen molar-refractivity contribution in [2.45, 2.75) is 99.3 Å². The molecule has 9 unspecified atom stereocenters. The number of carbonyl (C=O) groups is 2. The molecule has 0 radical (unpaired) electrons. The van der Waals surface area contributed by atoms with E-state index in [0.717, 1.165) is 44.9 Å². The Kier molecular flexibility index (Phi) is 5.33. The number of aliphatic hydroxyl groups excluding tert-OH is 1. The molecule has 4 heteroatoms. The molecule has 1 N–H and O–H groups in total. The van der Waals surface area contributed by atoms with Crippen LogP contribution in [0.5, 0.6) is 0 Å². The molecule has 0 aromatic carbocycles. The lowest BCUT2D eigenvalue weighted by Crippen LogP contribution is -2.66. The molecule has 5 rings (SSSR count). The molecule has 5 aliphatic carbocycles. The van der Waals surface area contributed by atoms with Gasteiger partial charge in [-0.1, -0.05) is 41.5 Å². The number of aliphatic hydroxyl groups is 1. The van der Waals surface area contributed by atoms with Crippen LogP contribution < -0.4 is 0 Å². The largest absolute Gasteiger partial charge is 0.396 e. The van der Waals surface area contributed by atoms with Crippen LogP contribution in [0.25, 0.3) is 0 Å². The van der Waals surface area contributed by atoms with Crippen LogP contribution in [-0.4, -0.2) is 23.3 Å². The number of hydrogen-bond acceptors (Lipinski definition) is 4. The molecule has 5 fully saturated rings. The monoisotopic (exact) mass is 467 g/mol. The predicted molar refractivity (Wildman–Crippen MR) is 131 cm³/mol. The average molecular weight is 468 g/mol. The first-order chi connectivity index (χ1) is 15.8. The number of ketones is 2. The van der Waals surface area contributed by atoms with E-state index >= 15 is 0 Å². The van der Waals surface area contributed by atoms with Gasteiger partial charge in [-0.25, -0.2) is 0 Å². The third-order valence-corrected chi connectivity index (χ3v) is 12.6. The van der Waals surface area contributed by atoms with Crippen LogP contribution in [0.3, 0.4) is 0 Å². The number of fused-ring (bicyclic) bond motifs is 7. The molecule has 0 aromatic rings. The molecule has 34 heavy (non-hydrogen) atoms. The van der Waals surface area contributed by atoms with Crippen molar-refractivity contribution in [2.75, 3.05) is 6.61 Å². The zero-order chi connectivity index (χ0) is 24.9. The highest BCUT2D eigenvalue weighted by Crippen LogP contribution is 2.72. The predicted octanol–water partition coefficient (Wildman–Crippen LogP) is 5.97. The van der Waals surface area contributed by atoms with E-state index in [4.69, 9.17) is 0 Å². The fourth-order valence-corrected chi connectivity index (χ4v) is 10.8. The fraction of sp³-hybridized carbons (Fsp3) is 0.900. The van der Waals surface area contributed by atoms with E-state index in [1.807, 2.05) is 0 Å². The molecule has 4 nitrogen and oxygen atoms in total. The maximum atomic E-state index is 14.1. The van der Waals surface area contributed by atoms with Crippen molar-refractivity contribution >= 4 is 11.6 Å². The van der Waals surface area contributed by atoms with Crippen molar-refractivity contribution in [1.82, 2.24) is 0 Å². The minimum Gasteiger partial charge on any atom is -0.396 e. The van der Waals surface area contributed by atoms with Gasteiger partial charge in [0, 0.05) is 24.4 Å². The van der Waals surface area contributed by atoms with Gasteiger partial charge in [-0.2, -0.15) is 5.26 Å². The quantitative estimate of drug-likeness (QED) is 0.515. The van der Waals surface area contributed by atoms with Gasteiger partial charge in [0.15, 0.2) is 5.78 Å². The van der Waals surface area contributed by atoms with E-state index < -0.39 is 11.3 Å². The summed E-state index contributed by atoms with van der Waals surface area (Å²) in [5.74, 6) is 1.13. The molecule has 0 bridgehead atoms. The van der Waals surface area contributed by atoms with E-state index in [2.05, 4.69) is 47.6 Å². The minimum atomic E-state index is -0.557. The molecule has 0 aromatic heterocycles. The number of hydrogen-bond donors (Lipinski definition) is 1. The van der Waals surface area contributed by atoms with Crippen LogP contribution in [-0.2, 0) is 9.59 Å². The zero-order valence-corrected chi connectivity index (χ0v) is 22.2. The van der Waals surface area contributed by atoms with Gasteiger partial charge in [0.2, 0.25) is 0 Å². The second kappa shape index (κ2) is 7.41. The Labute approximate surface area is 206 Å². The summed E-state index contributed by atoms with van der Waals surface area (Å²) in [7, 11) is 0. The van der Waals surface area contributed by atoms with Crippen molar-refractivity contribution in [3.8, 4) is 6.07 Å². The van der Waals surface area contributed by atoms with Crippen LogP contribution in [0.15, 0.2) is 0 Å². The van der Waals surface area contributed by atoms with Crippen molar-refractivity contribution in [1.29, 1.82) is 5.26 Å². The van der Waals surface area contributed by atoms with Gasteiger partial charge in [0.25, 0.3) is 0 Å². The summed E-state index contributed by atoms with van der Waals surface area (Å²) in [6, 6.07) is 2.34. The Morgan fingerprint density at radius 1 is 0.882 bits per heavy atom. The molecule has 188 valence electrons. The Balaban J connectivity index is 1.55. The minimum absolute atomic E-state index is 0.0590. The number of nitriles is 1. The summed E-state index contributed by atoms with van der Waals surface area (Å²) in [5.41, 5.74) is -0.477. The first-order valence-electron chi connectivity index (χ1n) is 13.8. The van der Waals surface area contributed by atoms with Crippen LogP contribution in [0.4, 0.5) is 0 Å². The first kappa shape index (κ1) is 24.5. The number of carbonyl (C=O) groups excluding carboxylic acids is 2. The molecule has 0 spiro atoms. The Morgan fingerprint density at radius 3 is 2.24 bits per heavy atom. The molecule has 0 aliphatic heterocycles. The smallest absolute Gasteiger partial charge is 0.155 e. The summed E-state index contributed by atoms with van der Waals surface area (Å²) < 4.78 is 0. The summed E-state index contributed by atoms with van der Waals surface area (Å²) in [6.07, 6.45) is 8.56. The Hall–Kier alpha value is -1.21. The summed E-state index contributed by atoms with van der Waals surface area (Å²) in [5, 5.41) is 20.5. The lowest BCUT2D eigenvalue weighted by molar-refractivity contribution is -0.209. The second-order valence-corrected chi connectivity index (χ2v) is 15.0. The molecule has 9 atom stereocenters. The van der Waals surface area contributed by atoms with Crippen LogP contribution >= 0.6 is 0 Å². The van der Waals surface area contributed by atoms with E-state index in [-0.39, 0.29) is 57.7 Å². The maximum absolute atomic E-state index is 14.1. The molecule has 0 amide bonds. The van der Waals surface area contributed by atoms with Crippen molar-refractivity contribution in [2.24, 2.45) is 62.6 Å². The molecular formula is C30H45NO3. The first-order valence-corrected chi connectivity index (χ1v) is 13.8. The summed E-state index contributed by atoms with van der Waals surface area (Å²) in [6.45, 7) is 13.8.